The van der Waals surface area contributed by atoms with E-state index in [2.05, 4.69) is 19.9 Å². The van der Waals surface area contributed by atoms with E-state index >= 15 is 0 Å². The van der Waals surface area contributed by atoms with Gasteiger partial charge in [-0.1, -0.05) is 23.7 Å². The largest absolute Gasteiger partial charge is 0.330 e. The molecule has 1 amide bonds. The fourth-order valence-corrected chi connectivity index (χ4v) is 4.34. The van der Waals surface area contributed by atoms with Crippen LogP contribution in [-0.4, -0.2) is 42.3 Å². The number of likely N-dealkylation sites (tertiary alicyclic amines) is 1. The predicted molar refractivity (Wildman–Crippen MR) is 125 cm³/mol. The number of carbonyl (C=O) groups excluding carboxylic acids is 1. The smallest absolute Gasteiger partial charge is 0.255 e. The van der Waals surface area contributed by atoms with Crippen molar-refractivity contribution < 1.29 is 4.79 Å². The number of hydrogen-bond acceptors (Lipinski definition) is 6. The molecule has 1 saturated heterocycles. The minimum absolute atomic E-state index is 0.0529. The van der Waals surface area contributed by atoms with E-state index in [1.54, 1.807) is 37.1 Å². The van der Waals surface area contributed by atoms with Gasteiger partial charge >= 0.3 is 0 Å². The summed E-state index contributed by atoms with van der Waals surface area (Å²) in [6, 6.07) is 11.2. The number of aromatic nitrogens is 5. The number of benzene rings is 1. The van der Waals surface area contributed by atoms with Crippen LogP contribution in [0.2, 0.25) is 5.02 Å². The van der Waals surface area contributed by atoms with Gasteiger partial charge in [-0.3, -0.25) is 19.7 Å². The summed E-state index contributed by atoms with van der Waals surface area (Å²) in [6.07, 6.45) is 12.4. The second-order valence-electron chi connectivity index (χ2n) is 7.96. The fraction of sp³-hybridized carbons (Fsp3) is 0.200. The van der Waals surface area contributed by atoms with Gasteiger partial charge in [0.15, 0.2) is 0 Å². The minimum Gasteiger partial charge on any atom is -0.330 e. The Balaban J connectivity index is 1.34. The number of hydrogen-bond donors (Lipinski definition) is 0. The molecule has 4 heterocycles. The Morgan fingerprint density at radius 1 is 1.03 bits per heavy atom. The van der Waals surface area contributed by atoms with Crippen LogP contribution in [0.1, 0.15) is 46.2 Å². The highest BCUT2D eigenvalue weighted by Crippen LogP contribution is 2.32. The highest BCUT2D eigenvalue weighted by atomic mass is 35.5. The predicted octanol–water partition coefficient (Wildman–Crippen LogP) is 4.55. The van der Waals surface area contributed by atoms with Crippen molar-refractivity contribution in [3.05, 3.63) is 101 Å². The van der Waals surface area contributed by atoms with Crippen LogP contribution in [0.25, 0.3) is 11.3 Å². The summed E-state index contributed by atoms with van der Waals surface area (Å²) in [5.74, 6) is -0.0529. The zero-order valence-corrected chi connectivity index (χ0v) is 18.6. The quantitative estimate of drug-likeness (QED) is 0.438. The molecule has 0 N–H and O–H groups in total. The van der Waals surface area contributed by atoms with E-state index < -0.39 is 0 Å². The van der Waals surface area contributed by atoms with Gasteiger partial charge in [-0.15, -0.1) is 0 Å². The lowest BCUT2D eigenvalue weighted by molar-refractivity contribution is 0.0732. The van der Waals surface area contributed by atoms with E-state index in [1.165, 1.54) is 6.33 Å². The van der Waals surface area contributed by atoms with E-state index in [0.717, 1.165) is 41.1 Å². The van der Waals surface area contributed by atoms with Crippen LogP contribution in [0.15, 0.2) is 73.7 Å². The molecular weight excluding hydrogens is 436 g/mol. The highest BCUT2D eigenvalue weighted by molar-refractivity contribution is 6.30. The molecule has 3 aromatic heterocycles. The maximum absolute atomic E-state index is 13.3. The topological polar surface area (TPSA) is 84.8 Å². The third-order valence-electron chi connectivity index (χ3n) is 5.70. The van der Waals surface area contributed by atoms with Gasteiger partial charge in [-0.2, -0.15) is 0 Å². The molecular formula is C25H21ClN6O. The summed E-state index contributed by atoms with van der Waals surface area (Å²) < 4.78 is 0. The molecule has 33 heavy (non-hydrogen) atoms. The molecule has 1 aromatic carbocycles. The minimum atomic E-state index is -0.105. The standard InChI is InChI=1S/C25H21ClN6O/c26-20-4-1-3-17(9-20)10-21-14-27-15-23(31-21)24-5-2-8-32(24)25(33)18-6-7-22(30-13-18)19-11-28-16-29-12-19/h1,3-4,6-7,9,11-16,24H,2,5,8,10H2/t24-/m0/s1. The van der Waals surface area contributed by atoms with Gasteiger partial charge in [0.1, 0.15) is 6.33 Å². The highest BCUT2D eigenvalue weighted by Gasteiger charge is 2.32. The van der Waals surface area contributed by atoms with Crippen molar-refractivity contribution in [3.63, 3.8) is 0 Å². The lowest BCUT2D eigenvalue weighted by Crippen LogP contribution is -2.31. The van der Waals surface area contributed by atoms with Crippen LogP contribution >= 0.6 is 11.6 Å². The second-order valence-corrected chi connectivity index (χ2v) is 8.39. The molecule has 0 saturated carbocycles. The number of pyridine rings is 1. The molecule has 1 aliphatic heterocycles. The van der Waals surface area contributed by atoms with E-state index in [0.29, 0.717) is 23.6 Å². The lowest BCUT2D eigenvalue weighted by Gasteiger charge is -2.24. The lowest BCUT2D eigenvalue weighted by atomic mass is 10.1. The number of nitrogens with zero attached hydrogens (tertiary/aromatic N) is 6. The van der Waals surface area contributed by atoms with Gasteiger partial charge < -0.3 is 4.90 Å². The Bertz CT molecular complexity index is 1270. The zero-order valence-electron chi connectivity index (χ0n) is 17.8. The Hall–Kier alpha value is -3.71. The van der Waals surface area contributed by atoms with Crippen molar-refractivity contribution in [1.82, 2.24) is 29.8 Å². The maximum Gasteiger partial charge on any atom is 0.255 e. The van der Waals surface area contributed by atoms with E-state index in [1.807, 2.05) is 35.2 Å². The van der Waals surface area contributed by atoms with E-state index in [9.17, 15) is 4.79 Å². The first-order valence-corrected chi connectivity index (χ1v) is 11.1. The summed E-state index contributed by atoms with van der Waals surface area (Å²) in [7, 11) is 0. The van der Waals surface area contributed by atoms with Gasteiger partial charge in [-0.05, 0) is 42.7 Å². The fourth-order valence-electron chi connectivity index (χ4n) is 4.13. The Morgan fingerprint density at radius 3 is 2.70 bits per heavy atom. The molecule has 7 nitrogen and oxygen atoms in total. The van der Waals surface area contributed by atoms with Crippen molar-refractivity contribution in [2.75, 3.05) is 6.54 Å². The molecule has 4 aromatic rings. The Morgan fingerprint density at radius 2 is 1.91 bits per heavy atom. The molecule has 5 rings (SSSR count). The normalized spacial score (nSPS) is 15.5. The number of amides is 1. The molecule has 1 aliphatic rings. The van der Waals surface area contributed by atoms with Crippen molar-refractivity contribution in [3.8, 4) is 11.3 Å². The molecule has 8 heteroatoms. The molecule has 0 unspecified atom stereocenters. The van der Waals surface area contributed by atoms with E-state index in [4.69, 9.17) is 16.6 Å². The van der Waals surface area contributed by atoms with Crippen LogP contribution in [0.3, 0.4) is 0 Å². The maximum atomic E-state index is 13.3. The van der Waals surface area contributed by atoms with E-state index in [-0.39, 0.29) is 11.9 Å². The molecule has 0 aliphatic carbocycles. The molecule has 1 atom stereocenters. The summed E-state index contributed by atoms with van der Waals surface area (Å²) in [5.41, 5.74) is 4.82. The third-order valence-corrected chi connectivity index (χ3v) is 5.93. The zero-order chi connectivity index (χ0) is 22.6. The van der Waals surface area contributed by atoms with Crippen molar-refractivity contribution in [1.29, 1.82) is 0 Å². The van der Waals surface area contributed by atoms with Crippen molar-refractivity contribution in [2.45, 2.75) is 25.3 Å². The second kappa shape index (κ2) is 9.42. The molecule has 0 radical (unpaired) electrons. The first-order valence-electron chi connectivity index (χ1n) is 10.7. The summed E-state index contributed by atoms with van der Waals surface area (Å²) in [4.78, 5) is 36.9. The number of halogens is 1. The Kier molecular flexibility index (Phi) is 6.04. The molecule has 0 spiro atoms. The number of rotatable bonds is 5. The van der Waals surface area contributed by atoms with Gasteiger partial charge in [-0.25, -0.2) is 9.97 Å². The van der Waals surface area contributed by atoms with Crippen LogP contribution in [0.4, 0.5) is 0 Å². The van der Waals surface area contributed by atoms with Gasteiger partial charge in [0, 0.05) is 48.3 Å². The average Bonchev–Trinajstić information content (AvgIpc) is 3.35. The summed E-state index contributed by atoms with van der Waals surface area (Å²) in [6.45, 7) is 0.679. The summed E-state index contributed by atoms with van der Waals surface area (Å²) >= 11 is 6.11. The first-order chi connectivity index (χ1) is 16.2. The van der Waals surface area contributed by atoms with Crippen LogP contribution in [0.5, 0.6) is 0 Å². The van der Waals surface area contributed by atoms with Gasteiger partial charge in [0.2, 0.25) is 0 Å². The van der Waals surface area contributed by atoms with Gasteiger partial charge in [0.25, 0.3) is 5.91 Å². The first kappa shape index (κ1) is 21.2. The molecule has 164 valence electrons. The van der Waals surface area contributed by atoms with Crippen LogP contribution in [-0.2, 0) is 6.42 Å². The number of carbonyl (C=O) groups is 1. The SMILES string of the molecule is O=C(c1ccc(-c2cncnc2)nc1)N1CCC[C@H]1c1cncc(Cc2cccc(Cl)c2)n1. The Labute approximate surface area is 196 Å². The molecule has 1 fully saturated rings. The van der Waals surface area contributed by atoms with Crippen LogP contribution < -0.4 is 0 Å². The average molecular weight is 457 g/mol. The molecule has 0 bridgehead atoms. The monoisotopic (exact) mass is 456 g/mol. The summed E-state index contributed by atoms with van der Waals surface area (Å²) in [5, 5.41) is 0.698. The van der Waals surface area contributed by atoms with Gasteiger partial charge in [0.05, 0.1) is 34.9 Å². The van der Waals surface area contributed by atoms with Crippen LogP contribution in [0, 0.1) is 0 Å². The van der Waals surface area contributed by atoms with Crippen molar-refractivity contribution in [2.24, 2.45) is 0 Å². The third kappa shape index (κ3) is 4.73. The van der Waals surface area contributed by atoms with Crippen molar-refractivity contribution >= 4 is 17.5 Å².